The molecular formula is C34H34BrN3O5. The van der Waals surface area contributed by atoms with Gasteiger partial charge in [0.2, 0.25) is 5.91 Å². The number of anilines is 3. The number of para-hydroxylation sites is 2. The molecule has 1 aliphatic rings. The van der Waals surface area contributed by atoms with Crippen LogP contribution in [-0.4, -0.2) is 44.3 Å². The van der Waals surface area contributed by atoms with Crippen molar-refractivity contribution in [3.63, 3.8) is 0 Å². The summed E-state index contributed by atoms with van der Waals surface area (Å²) >= 11 is 3.44. The highest BCUT2D eigenvalue weighted by atomic mass is 79.9. The first-order valence-corrected chi connectivity index (χ1v) is 14.9. The number of nitrogens with zero attached hydrogens (tertiary/aromatic N) is 2. The van der Waals surface area contributed by atoms with E-state index in [2.05, 4.69) is 32.3 Å². The lowest BCUT2D eigenvalue weighted by molar-refractivity contribution is -0.120. The zero-order valence-corrected chi connectivity index (χ0v) is 25.8. The fourth-order valence-electron chi connectivity index (χ4n) is 5.31. The van der Waals surface area contributed by atoms with E-state index in [1.54, 1.807) is 13.2 Å². The van der Waals surface area contributed by atoms with Crippen LogP contribution in [0, 0.1) is 0 Å². The van der Waals surface area contributed by atoms with Gasteiger partial charge in [-0.2, -0.15) is 0 Å². The molecule has 0 bridgehead atoms. The lowest BCUT2D eigenvalue weighted by atomic mass is 10.0. The molecule has 1 fully saturated rings. The third-order valence-electron chi connectivity index (χ3n) is 7.55. The molecule has 0 aromatic heterocycles. The number of piperidine rings is 1. The summed E-state index contributed by atoms with van der Waals surface area (Å²) in [5, 5.41) is 11.4. The van der Waals surface area contributed by atoms with Crippen LogP contribution in [0.3, 0.4) is 0 Å². The predicted molar refractivity (Wildman–Crippen MR) is 173 cm³/mol. The van der Waals surface area contributed by atoms with Crippen LogP contribution in [0.25, 0.3) is 11.1 Å². The molecule has 8 nitrogen and oxygen atoms in total. The summed E-state index contributed by atoms with van der Waals surface area (Å²) in [6, 6.07) is 27.1. The Morgan fingerprint density at radius 3 is 2.16 bits per heavy atom. The summed E-state index contributed by atoms with van der Waals surface area (Å²) in [5.41, 5.74) is 8.57. The molecule has 0 spiro atoms. The molecule has 0 saturated carbocycles. The Morgan fingerprint density at radius 2 is 1.53 bits per heavy atom. The van der Waals surface area contributed by atoms with Crippen LogP contribution >= 0.6 is 15.9 Å². The van der Waals surface area contributed by atoms with Crippen LogP contribution in [0.2, 0.25) is 0 Å². The molecule has 1 saturated heterocycles. The number of hydrogen-bond donors (Lipinski definition) is 2. The third kappa shape index (κ3) is 6.94. The molecule has 43 heavy (non-hydrogen) atoms. The van der Waals surface area contributed by atoms with Gasteiger partial charge in [-0.25, -0.2) is 4.79 Å². The predicted octanol–water partition coefficient (Wildman–Crippen LogP) is 7.23. The van der Waals surface area contributed by atoms with Gasteiger partial charge < -0.3 is 19.5 Å². The van der Waals surface area contributed by atoms with Gasteiger partial charge in [0.05, 0.1) is 37.7 Å². The molecule has 2 N–H and O–H groups in total. The number of carboxylic acid groups (broad SMARTS) is 1. The number of hydrogen-bond acceptors (Lipinski definition) is 6. The first kappa shape index (κ1) is 30.0. The minimum Gasteiger partial charge on any atom is -0.497 e. The summed E-state index contributed by atoms with van der Waals surface area (Å²) in [7, 11) is 3.06. The summed E-state index contributed by atoms with van der Waals surface area (Å²) in [6.45, 7) is 1.91. The van der Waals surface area contributed by atoms with Crippen molar-refractivity contribution in [2.45, 2.75) is 25.7 Å². The second kappa shape index (κ2) is 13.6. The normalized spacial score (nSPS) is 12.9. The first-order valence-electron chi connectivity index (χ1n) is 14.2. The van der Waals surface area contributed by atoms with Crippen LogP contribution in [0.4, 0.5) is 17.1 Å². The number of carbonyl (C=O) groups excluding carboxylic acids is 1. The number of methoxy groups -OCH3 is 2. The van der Waals surface area contributed by atoms with Crippen molar-refractivity contribution < 1.29 is 24.2 Å². The number of hydrazine groups is 1. The number of carbonyl (C=O) groups is 2. The van der Waals surface area contributed by atoms with Crippen molar-refractivity contribution in [3.8, 4) is 22.6 Å². The molecule has 5 rings (SSSR count). The van der Waals surface area contributed by atoms with E-state index in [0.29, 0.717) is 10.0 Å². The van der Waals surface area contributed by atoms with Crippen molar-refractivity contribution in [3.05, 3.63) is 101 Å². The molecule has 4 aromatic carbocycles. The maximum absolute atomic E-state index is 13.6. The van der Waals surface area contributed by atoms with Crippen LogP contribution in [0.1, 0.15) is 35.2 Å². The zero-order valence-electron chi connectivity index (χ0n) is 24.2. The number of nitrogens with one attached hydrogen (secondary N) is 1. The monoisotopic (exact) mass is 643 g/mol. The van der Waals surface area contributed by atoms with Gasteiger partial charge in [-0.3, -0.25) is 15.2 Å². The fraction of sp³-hybridized carbons (Fsp3) is 0.235. The molecule has 0 aliphatic carbocycles. The first-order chi connectivity index (χ1) is 20.9. The molecule has 1 aliphatic heterocycles. The van der Waals surface area contributed by atoms with E-state index in [0.717, 1.165) is 59.9 Å². The van der Waals surface area contributed by atoms with Gasteiger partial charge in [0, 0.05) is 17.6 Å². The minimum atomic E-state index is -1.10. The highest BCUT2D eigenvalue weighted by molar-refractivity contribution is 9.10. The van der Waals surface area contributed by atoms with Crippen LogP contribution in [0.15, 0.2) is 89.4 Å². The molecule has 0 radical (unpaired) electrons. The lowest BCUT2D eigenvalue weighted by Gasteiger charge is -2.34. The van der Waals surface area contributed by atoms with E-state index >= 15 is 0 Å². The van der Waals surface area contributed by atoms with Crippen molar-refractivity contribution in [1.82, 2.24) is 5.43 Å². The number of halogens is 1. The van der Waals surface area contributed by atoms with Gasteiger partial charge in [0.25, 0.3) is 0 Å². The molecule has 9 heteroatoms. The number of benzene rings is 4. The van der Waals surface area contributed by atoms with E-state index in [1.165, 1.54) is 19.6 Å². The Hall–Kier alpha value is -4.50. The van der Waals surface area contributed by atoms with E-state index in [4.69, 9.17) is 9.47 Å². The highest BCUT2D eigenvalue weighted by Crippen LogP contribution is 2.36. The Balaban J connectivity index is 1.48. The topological polar surface area (TPSA) is 91.3 Å². The van der Waals surface area contributed by atoms with E-state index < -0.39 is 5.97 Å². The molecule has 0 atom stereocenters. The molecule has 4 aromatic rings. The Bertz CT molecular complexity index is 1590. The summed E-state index contributed by atoms with van der Waals surface area (Å²) in [6.07, 6.45) is 3.47. The third-order valence-corrected chi connectivity index (χ3v) is 8.29. The van der Waals surface area contributed by atoms with Gasteiger partial charge >= 0.3 is 5.97 Å². The van der Waals surface area contributed by atoms with E-state index in [-0.39, 0.29) is 23.6 Å². The van der Waals surface area contributed by atoms with Crippen molar-refractivity contribution in [2.24, 2.45) is 0 Å². The number of aromatic carboxylic acids is 1. The van der Waals surface area contributed by atoms with Crippen LogP contribution in [0.5, 0.6) is 11.5 Å². The molecule has 0 unspecified atom stereocenters. The second-order valence-electron chi connectivity index (χ2n) is 10.3. The van der Waals surface area contributed by atoms with Crippen molar-refractivity contribution in [1.29, 1.82) is 0 Å². The quantitative estimate of drug-likeness (QED) is 0.176. The van der Waals surface area contributed by atoms with Gasteiger partial charge in [-0.1, -0.05) is 52.3 Å². The van der Waals surface area contributed by atoms with E-state index in [1.807, 2.05) is 71.7 Å². The molecule has 222 valence electrons. The van der Waals surface area contributed by atoms with Gasteiger partial charge in [0.1, 0.15) is 17.1 Å². The minimum absolute atomic E-state index is 0.00313. The van der Waals surface area contributed by atoms with E-state index in [9.17, 15) is 14.7 Å². The highest BCUT2D eigenvalue weighted by Gasteiger charge is 2.22. The Labute approximate surface area is 259 Å². The standard InChI is InChI=1S/C34H34BrN3O5/c1-42-27-16-12-24(13-17-27)23-10-14-26(15-11-23)38(31-9-5-4-8-30(31)37-18-6-3-7-19-37)36-33(39)21-25-20-32(43-2)28(34(40)41)22-29(25)35/h4-5,8-17,20,22H,3,6-7,18-19,21H2,1-2H3,(H,36,39)(H,40,41). The summed E-state index contributed by atoms with van der Waals surface area (Å²) < 4.78 is 11.1. The van der Waals surface area contributed by atoms with Gasteiger partial charge in [-0.15, -0.1) is 0 Å². The van der Waals surface area contributed by atoms with Crippen LogP contribution < -0.4 is 24.8 Å². The Kier molecular flexibility index (Phi) is 9.51. The second-order valence-corrected chi connectivity index (χ2v) is 11.2. The van der Waals surface area contributed by atoms with Crippen molar-refractivity contribution >= 4 is 44.9 Å². The van der Waals surface area contributed by atoms with Crippen molar-refractivity contribution in [2.75, 3.05) is 37.2 Å². The SMILES string of the molecule is COc1ccc(-c2ccc(N(NC(=O)Cc3cc(OC)c(C(=O)O)cc3Br)c3ccccc3N3CCCCC3)cc2)cc1. The zero-order chi connectivity index (χ0) is 30.3. The summed E-state index contributed by atoms with van der Waals surface area (Å²) in [5.74, 6) is -0.379. The smallest absolute Gasteiger partial charge is 0.339 e. The molecular weight excluding hydrogens is 610 g/mol. The van der Waals surface area contributed by atoms with Gasteiger partial charge in [-0.05, 0) is 84.5 Å². The molecule has 1 heterocycles. The average molecular weight is 645 g/mol. The largest absolute Gasteiger partial charge is 0.497 e. The number of ether oxygens (including phenoxy) is 2. The van der Waals surface area contributed by atoms with Gasteiger partial charge in [0.15, 0.2) is 0 Å². The lowest BCUT2D eigenvalue weighted by Crippen LogP contribution is -2.41. The number of carboxylic acids is 1. The summed E-state index contributed by atoms with van der Waals surface area (Å²) in [4.78, 5) is 27.6. The number of rotatable bonds is 10. The Morgan fingerprint density at radius 1 is 0.884 bits per heavy atom. The average Bonchev–Trinajstić information content (AvgIpc) is 3.05. The number of amides is 1. The molecule has 1 amide bonds. The maximum Gasteiger partial charge on any atom is 0.339 e. The van der Waals surface area contributed by atoms with Crippen LogP contribution in [-0.2, 0) is 11.2 Å². The maximum atomic E-state index is 13.6. The fourth-order valence-corrected chi connectivity index (χ4v) is 5.79.